The van der Waals surface area contributed by atoms with Crippen LogP contribution in [0.3, 0.4) is 0 Å². The summed E-state index contributed by atoms with van der Waals surface area (Å²) in [6.45, 7) is 4.66. The summed E-state index contributed by atoms with van der Waals surface area (Å²) in [6, 6.07) is 7.00. The van der Waals surface area contributed by atoms with Gasteiger partial charge in [-0.15, -0.1) is 24.0 Å². The van der Waals surface area contributed by atoms with Crippen molar-refractivity contribution in [2.24, 2.45) is 22.6 Å². The van der Waals surface area contributed by atoms with Gasteiger partial charge in [-0.2, -0.15) is 4.31 Å². The van der Waals surface area contributed by atoms with Crippen LogP contribution in [0.5, 0.6) is 0 Å². The number of sulfonamides is 1. The van der Waals surface area contributed by atoms with Gasteiger partial charge in [0.25, 0.3) is 0 Å². The number of guanidine groups is 1. The Morgan fingerprint density at radius 1 is 1.22 bits per heavy atom. The molecule has 1 saturated carbocycles. The minimum absolute atomic E-state index is 0. The molecule has 1 unspecified atom stereocenters. The van der Waals surface area contributed by atoms with Crippen molar-refractivity contribution in [1.82, 2.24) is 9.62 Å². The highest BCUT2D eigenvalue weighted by molar-refractivity contribution is 14.0. The maximum Gasteiger partial charge on any atom is 0.243 e. The van der Waals surface area contributed by atoms with Crippen molar-refractivity contribution in [1.29, 1.82) is 0 Å². The summed E-state index contributed by atoms with van der Waals surface area (Å²) < 4.78 is 27.1. The fourth-order valence-corrected chi connectivity index (χ4v) is 5.06. The number of piperidine rings is 1. The van der Waals surface area contributed by atoms with Crippen molar-refractivity contribution in [3.8, 4) is 0 Å². The molecular formula is C19H31IN4O2S. The molecule has 0 aromatic heterocycles. The number of rotatable bonds is 6. The zero-order chi connectivity index (χ0) is 18.6. The Morgan fingerprint density at radius 3 is 2.52 bits per heavy atom. The van der Waals surface area contributed by atoms with Gasteiger partial charge in [-0.25, -0.2) is 13.4 Å². The quantitative estimate of drug-likeness (QED) is 0.353. The van der Waals surface area contributed by atoms with E-state index in [4.69, 9.17) is 5.73 Å². The maximum atomic E-state index is 12.8. The molecule has 27 heavy (non-hydrogen) atoms. The highest BCUT2D eigenvalue weighted by atomic mass is 127. The van der Waals surface area contributed by atoms with Crippen molar-refractivity contribution in [2.45, 2.75) is 50.5 Å². The number of halogens is 1. The van der Waals surface area contributed by atoms with E-state index >= 15 is 0 Å². The van der Waals surface area contributed by atoms with E-state index in [1.165, 1.54) is 19.3 Å². The first kappa shape index (κ1) is 22.4. The Hall–Kier alpha value is -0.870. The molecule has 2 fully saturated rings. The van der Waals surface area contributed by atoms with Crippen LogP contribution in [0.4, 0.5) is 0 Å². The van der Waals surface area contributed by atoms with Crippen LogP contribution in [0.15, 0.2) is 34.2 Å². The van der Waals surface area contributed by atoms with Crippen molar-refractivity contribution in [3.05, 3.63) is 29.8 Å². The molecule has 1 aromatic carbocycles. The number of nitrogens with one attached hydrogen (secondary N) is 1. The Morgan fingerprint density at radius 2 is 1.93 bits per heavy atom. The largest absolute Gasteiger partial charge is 0.370 e. The molecule has 8 heteroatoms. The van der Waals surface area contributed by atoms with Crippen LogP contribution in [0.1, 0.15) is 44.6 Å². The van der Waals surface area contributed by atoms with Gasteiger partial charge >= 0.3 is 0 Å². The van der Waals surface area contributed by atoms with Crippen LogP contribution in [0.25, 0.3) is 0 Å². The van der Waals surface area contributed by atoms with Crippen LogP contribution < -0.4 is 11.1 Å². The normalized spacial score (nSPS) is 22.0. The Balaban J connectivity index is 0.00000261. The number of hydrogen-bond donors (Lipinski definition) is 2. The van der Waals surface area contributed by atoms with Gasteiger partial charge in [0.2, 0.25) is 10.0 Å². The third-order valence-electron chi connectivity index (χ3n) is 5.41. The Bertz CT molecular complexity index is 733. The predicted molar refractivity (Wildman–Crippen MR) is 120 cm³/mol. The van der Waals surface area contributed by atoms with Crippen molar-refractivity contribution >= 4 is 40.0 Å². The van der Waals surface area contributed by atoms with Gasteiger partial charge in [0, 0.05) is 19.6 Å². The van der Waals surface area contributed by atoms with Crippen LogP contribution in [0.2, 0.25) is 0 Å². The summed E-state index contributed by atoms with van der Waals surface area (Å²) in [6.07, 6.45) is 5.88. The first-order valence-electron chi connectivity index (χ1n) is 9.58. The van der Waals surface area contributed by atoms with E-state index in [-0.39, 0.29) is 24.0 Å². The van der Waals surface area contributed by atoms with Crippen molar-refractivity contribution in [3.63, 3.8) is 0 Å². The van der Waals surface area contributed by atoms with E-state index in [0.717, 1.165) is 30.9 Å². The summed E-state index contributed by atoms with van der Waals surface area (Å²) in [4.78, 5) is 4.70. The van der Waals surface area contributed by atoms with E-state index < -0.39 is 10.0 Å². The van der Waals surface area contributed by atoms with Gasteiger partial charge in [0.1, 0.15) is 0 Å². The Labute approximate surface area is 180 Å². The number of nitrogens with two attached hydrogens (primary N) is 1. The molecule has 1 aliphatic heterocycles. The monoisotopic (exact) mass is 506 g/mol. The summed E-state index contributed by atoms with van der Waals surface area (Å²) in [5.74, 6) is 1.60. The number of nitrogens with zero attached hydrogens (tertiary/aromatic N) is 2. The standard InChI is InChI=1S/C19H30N4O2S.HI/c1-15-4-3-11-23(14-15)26(24,25)18-9-7-17(8-10-18)13-22-19(20)21-12-16-5-2-6-16;/h7-10,15-16H,2-6,11-14H2,1H3,(H3,20,21,22);1H. The fraction of sp³-hybridized carbons (Fsp3) is 0.632. The third kappa shape index (κ3) is 6.05. The second kappa shape index (κ2) is 10.1. The molecule has 152 valence electrons. The molecule has 0 spiro atoms. The second-order valence-corrected chi connectivity index (χ2v) is 9.57. The average Bonchev–Trinajstić information content (AvgIpc) is 2.59. The molecule has 1 atom stereocenters. The third-order valence-corrected chi connectivity index (χ3v) is 7.29. The van der Waals surface area contributed by atoms with Gasteiger partial charge < -0.3 is 11.1 Å². The van der Waals surface area contributed by atoms with E-state index in [1.54, 1.807) is 16.4 Å². The number of aliphatic imine (C=N–C) groups is 1. The topological polar surface area (TPSA) is 87.8 Å². The van der Waals surface area contributed by atoms with Crippen molar-refractivity contribution < 1.29 is 8.42 Å². The SMILES string of the molecule is CC1CCCN(S(=O)(=O)c2ccc(CN=C(N)NCC3CCC3)cc2)C1.I. The number of benzene rings is 1. The lowest BCUT2D eigenvalue weighted by atomic mass is 9.85. The molecule has 1 aromatic rings. The molecular weight excluding hydrogens is 475 g/mol. The lowest BCUT2D eigenvalue weighted by molar-refractivity contribution is 0.281. The lowest BCUT2D eigenvalue weighted by Crippen LogP contribution is -2.39. The molecule has 1 saturated heterocycles. The highest BCUT2D eigenvalue weighted by Gasteiger charge is 2.28. The molecule has 6 nitrogen and oxygen atoms in total. The van der Waals surface area contributed by atoms with Gasteiger partial charge in [0.05, 0.1) is 11.4 Å². The smallest absolute Gasteiger partial charge is 0.243 e. The predicted octanol–water partition coefficient (Wildman–Crippen LogP) is 2.93. The molecule has 0 bridgehead atoms. The molecule has 1 heterocycles. The van der Waals surface area contributed by atoms with Gasteiger partial charge in [0.15, 0.2) is 5.96 Å². The first-order valence-corrected chi connectivity index (χ1v) is 11.0. The summed E-state index contributed by atoms with van der Waals surface area (Å²) >= 11 is 0. The van der Waals surface area contributed by atoms with Crippen molar-refractivity contribution in [2.75, 3.05) is 19.6 Å². The van der Waals surface area contributed by atoms with E-state index in [2.05, 4.69) is 17.2 Å². The second-order valence-electron chi connectivity index (χ2n) is 7.63. The molecule has 1 aliphatic carbocycles. The lowest BCUT2D eigenvalue weighted by Gasteiger charge is -2.30. The molecule has 0 radical (unpaired) electrons. The summed E-state index contributed by atoms with van der Waals surface area (Å²) in [5.41, 5.74) is 6.84. The van der Waals surface area contributed by atoms with E-state index in [0.29, 0.717) is 36.4 Å². The molecule has 0 amide bonds. The first-order chi connectivity index (χ1) is 12.4. The zero-order valence-electron chi connectivity index (χ0n) is 15.9. The Kier molecular flexibility index (Phi) is 8.36. The van der Waals surface area contributed by atoms with Gasteiger partial charge in [-0.05, 0) is 55.2 Å². The fourth-order valence-electron chi connectivity index (χ4n) is 3.46. The van der Waals surface area contributed by atoms with Gasteiger partial charge in [-0.3, -0.25) is 0 Å². The highest BCUT2D eigenvalue weighted by Crippen LogP contribution is 2.25. The van der Waals surface area contributed by atoms with Crippen LogP contribution >= 0.6 is 24.0 Å². The van der Waals surface area contributed by atoms with E-state index in [1.807, 2.05) is 12.1 Å². The van der Waals surface area contributed by atoms with Crippen LogP contribution in [-0.2, 0) is 16.6 Å². The maximum absolute atomic E-state index is 12.8. The van der Waals surface area contributed by atoms with Crippen LogP contribution in [0, 0.1) is 11.8 Å². The van der Waals surface area contributed by atoms with E-state index in [9.17, 15) is 8.42 Å². The minimum atomic E-state index is -3.40. The minimum Gasteiger partial charge on any atom is -0.370 e. The molecule has 3 N–H and O–H groups in total. The van der Waals surface area contributed by atoms with Gasteiger partial charge in [-0.1, -0.05) is 25.5 Å². The number of hydrogen-bond acceptors (Lipinski definition) is 3. The summed E-state index contributed by atoms with van der Waals surface area (Å²) in [5, 5.41) is 3.16. The zero-order valence-corrected chi connectivity index (χ0v) is 19.1. The molecule has 3 rings (SSSR count). The average molecular weight is 506 g/mol. The molecule has 2 aliphatic rings. The summed E-state index contributed by atoms with van der Waals surface area (Å²) in [7, 11) is -3.40. The van der Waals surface area contributed by atoms with Crippen LogP contribution in [-0.4, -0.2) is 38.3 Å².